The van der Waals surface area contributed by atoms with Crippen LogP contribution in [0.5, 0.6) is 0 Å². The minimum Gasteiger partial charge on any atom is -0.477 e. The van der Waals surface area contributed by atoms with Gasteiger partial charge in [0, 0.05) is 26.8 Å². The molecule has 2 rings (SSSR count). The molecule has 2 heterocycles. The van der Waals surface area contributed by atoms with Crippen LogP contribution in [0.3, 0.4) is 0 Å². The molecule has 1 N–H and O–H groups in total. The maximum atomic E-state index is 10.8. The highest BCUT2D eigenvalue weighted by Crippen LogP contribution is 2.24. The van der Waals surface area contributed by atoms with Crippen LogP contribution in [0, 0.1) is 5.92 Å². The number of anilines is 1. The number of nitrogens with zero attached hydrogens (tertiary/aromatic N) is 2. The third-order valence-corrected chi connectivity index (χ3v) is 4.00. The Hall–Kier alpha value is -1.14. The van der Waals surface area contributed by atoms with E-state index in [0.29, 0.717) is 10.8 Å². The van der Waals surface area contributed by atoms with E-state index in [4.69, 9.17) is 9.84 Å². The zero-order valence-electron chi connectivity index (χ0n) is 9.76. The third-order valence-electron chi connectivity index (χ3n) is 2.90. The van der Waals surface area contributed by atoms with Gasteiger partial charge in [0.15, 0.2) is 5.13 Å². The monoisotopic (exact) mass is 256 g/mol. The van der Waals surface area contributed by atoms with Crippen molar-refractivity contribution in [3.63, 3.8) is 0 Å². The van der Waals surface area contributed by atoms with E-state index < -0.39 is 5.97 Å². The van der Waals surface area contributed by atoms with Crippen molar-refractivity contribution in [2.24, 2.45) is 5.92 Å². The first-order chi connectivity index (χ1) is 8.16. The summed E-state index contributed by atoms with van der Waals surface area (Å²) in [5.41, 5.74) is 0. The molecule has 1 fully saturated rings. The maximum Gasteiger partial charge on any atom is 0.347 e. The van der Waals surface area contributed by atoms with Crippen molar-refractivity contribution in [3.05, 3.63) is 11.1 Å². The number of carboxylic acids is 1. The van der Waals surface area contributed by atoms with Crippen molar-refractivity contribution in [3.8, 4) is 0 Å². The zero-order valence-corrected chi connectivity index (χ0v) is 10.6. The predicted molar refractivity (Wildman–Crippen MR) is 65.9 cm³/mol. The quantitative estimate of drug-likeness (QED) is 0.888. The Kier molecular flexibility index (Phi) is 3.96. The first kappa shape index (κ1) is 12.3. The van der Waals surface area contributed by atoms with Crippen molar-refractivity contribution in [1.29, 1.82) is 0 Å². The normalized spacial score (nSPS) is 17.0. The van der Waals surface area contributed by atoms with Gasteiger partial charge in [0.25, 0.3) is 0 Å². The van der Waals surface area contributed by atoms with E-state index in [1.54, 1.807) is 0 Å². The minimum absolute atomic E-state index is 0.291. The van der Waals surface area contributed by atoms with E-state index >= 15 is 0 Å². The summed E-state index contributed by atoms with van der Waals surface area (Å²) in [5, 5.41) is 9.61. The van der Waals surface area contributed by atoms with Crippen molar-refractivity contribution in [2.45, 2.75) is 12.8 Å². The fourth-order valence-electron chi connectivity index (χ4n) is 1.93. The number of hydrogen-bond donors (Lipinski definition) is 1. The first-order valence-electron chi connectivity index (χ1n) is 5.65. The standard InChI is InChI=1S/C11H16N2O3S/c1-13(7-8-2-4-16-5-3-8)11-12-6-9(17-11)10(14)15/h6,8H,2-5,7H2,1H3,(H,14,15). The minimum atomic E-state index is -0.909. The lowest BCUT2D eigenvalue weighted by atomic mass is 10.0. The number of aromatic carboxylic acids is 1. The highest BCUT2D eigenvalue weighted by atomic mass is 32.1. The van der Waals surface area contributed by atoms with E-state index in [1.807, 2.05) is 11.9 Å². The largest absolute Gasteiger partial charge is 0.477 e. The van der Waals surface area contributed by atoms with Crippen LogP contribution in [-0.2, 0) is 4.74 Å². The van der Waals surface area contributed by atoms with E-state index in [1.165, 1.54) is 17.5 Å². The number of carbonyl (C=O) groups is 1. The molecule has 94 valence electrons. The fourth-order valence-corrected chi connectivity index (χ4v) is 2.66. The molecule has 0 aromatic carbocycles. The second kappa shape index (κ2) is 5.46. The van der Waals surface area contributed by atoms with E-state index in [-0.39, 0.29) is 0 Å². The average Bonchev–Trinajstić information content (AvgIpc) is 2.79. The van der Waals surface area contributed by atoms with Gasteiger partial charge < -0.3 is 14.7 Å². The molecule has 0 radical (unpaired) electrons. The molecule has 0 amide bonds. The third kappa shape index (κ3) is 3.17. The Morgan fingerprint density at radius 1 is 1.65 bits per heavy atom. The van der Waals surface area contributed by atoms with Gasteiger partial charge >= 0.3 is 5.97 Å². The van der Waals surface area contributed by atoms with Crippen LogP contribution in [0.2, 0.25) is 0 Å². The van der Waals surface area contributed by atoms with Crippen molar-refractivity contribution in [2.75, 3.05) is 31.7 Å². The van der Waals surface area contributed by atoms with Gasteiger partial charge in [0.05, 0.1) is 6.20 Å². The summed E-state index contributed by atoms with van der Waals surface area (Å²) in [4.78, 5) is 17.2. The van der Waals surface area contributed by atoms with Gasteiger partial charge in [0.2, 0.25) is 0 Å². The smallest absolute Gasteiger partial charge is 0.347 e. The van der Waals surface area contributed by atoms with Crippen molar-refractivity contribution >= 4 is 22.4 Å². The Labute approximate surface area is 104 Å². The highest BCUT2D eigenvalue weighted by Gasteiger charge is 2.18. The molecular weight excluding hydrogens is 240 g/mol. The molecular formula is C11H16N2O3S. The molecule has 6 heteroatoms. The van der Waals surface area contributed by atoms with Gasteiger partial charge in [-0.3, -0.25) is 0 Å². The van der Waals surface area contributed by atoms with Gasteiger partial charge in [-0.15, -0.1) is 0 Å². The Bertz CT molecular complexity index is 388. The van der Waals surface area contributed by atoms with Crippen LogP contribution < -0.4 is 4.90 Å². The van der Waals surface area contributed by atoms with Crippen LogP contribution >= 0.6 is 11.3 Å². The Balaban J connectivity index is 1.93. The van der Waals surface area contributed by atoms with Crippen molar-refractivity contribution < 1.29 is 14.6 Å². The van der Waals surface area contributed by atoms with Crippen LogP contribution in [0.25, 0.3) is 0 Å². The second-order valence-electron chi connectivity index (χ2n) is 4.25. The molecule has 1 aromatic rings. The van der Waals surface area contributed by atoms with Gasteiger partial charge in [-0.05, 0) is 18.8 Å². The molecule has 0 saturated carbocycles. The van der Waals surface area contributed by atoms with E-state index in [9.17, 15) is 4.79 Å². The molecule has 0 aliphatic carbocycles. The lowest BCUT2D eigenvalue weighted by Gasteiger charge is -2.26. The van der Waals surface area contributed by atoms with Gasteiger partial charge in [-0.2, -0.15) is 0 Å². The Morgan fingerprint density at radius 2 is 2.35 bits per heavy atom. The SMILES string of the molecule is CN(CC1CCOCC1)c1ncc(C(=O)O)s1. The molecule has 0 unspecified atom stereocenters. The van der Waals surface area contributed by atoms with Gasteiger partial charge in [-0.1, -0.05) is 11.3 Å². The Morgan fingerprint density at radius 3 is 2.94 bits per heavy atom. The molecule has 1 aliphatic heterocycles. The highest BCUT2D eigenvalue weighted by molar-refractivity contribution is 7.17. The average molecular weight is 256 g/mol. The zero-order chi connectivity index (χ0) is 12.3. The molecule has 0 spiro atoms. The summed E-state index contributed by atoms with van der Waals surface area (Å²) in [7, 11) is 1.96. The topological polar surface area (TPSA) is 62.7 Å². The summed E-state index contributed by atoms with van der Waals surface area (Å²) in [6, 6.07) is 0. The number of carboxylic acid groups (broad SMARTS) is 1. The molecule has 1 aromatic heterocycles. The van der Waals surface area contributed by atoms with Crippen LogP contribution in [0.15, 0.2) is 6.20 Å². The first-order valence-corrected chi connectivity index (χ1v) is 6.46. The molecule has 0 atom stereocenters. The number of rotatable bonds is 4. The van der Waals surface area contributed by atoms with Gasteiger partial charge in [0.1, 0.15) is 4.88 Å². The maximum absolute atomic E-state index is 10.8. The van der Waals surface area contributed by atoms with Gasteiger partial charge in [-0.25, -0.2) is 9.78 Å². The number of ether oxygens (including phenoxy) is 1. The van der Waals surface area contributed by atoms with Crippen LogP contribution in [-0.4, -0.2) is 42.9 Å². The molecule has 0 bridgehead atoms. The van der Waals surface area contributed by atoms with Crippen LogP contribution in [0.4, 0.5) is 5.13 Å². The molecule has 1 aliphatic rings. The number of thiazole rings is 1. The summed E-state index contributed by atoms with van der Waals surface area (Å²) in [6.45, 7) is 2.57. The molecule has 5 nitrogen and oxygen atoms in total. The second-order valence-corrected chi connectivity index (χ2v) is 5.26. The molecule has 1 saturated heterocycles. The summed E-state index contributed by atoms with van der Waals surface area (Å²) in [6.07, 6.45) is 3.56. The lowest BCUT2D eigenvalue weighted by molar-refractivity contribution is 0.0684. The fraction of sp³-hybridized carbons (Fsp3) is 0.636. The number of hydrogen-bond acceptors (Lipinski definition) is 5. The summed E-state index contributed by atoms with van der Waals surface area (Å²) < 4.78 is 5.31. The number of aromatic nitrogens is 1. The lowest BCUT2D eigenvalue weighted by Crippen LogP contribution is -2.29. The van der Waals surface area contributed by atoms with Crippen LogP contribution in [0.1, 0.15) is 22.5 Å². The predicted octanol–water partition coefficient (Wildman–Crippen LogP) is 1.70. The molecule has 17 heavy (non-hydrogen) atoms. The summed E-state index contributed by atoms with van der Waals surface area (Å²) in [5.74, 6) is -0.292. The van der Waals surface area contributed by atoms with E-state index in [2.05, 4.69) is 4.98 Å². The summed E-state index contributed by atoms with van der Waals surface area (Å²) >= 11 is 1.22. The van der Waals surface area contributed by atoms with E-state index in [0.717, 1.165) is 37.7 Å². The van der Waals surface area contributed by atoms with Crippen molar-refractivity contribution in [1.82, 2.24) is 4.98 Å².